The number of aromatic nitrogens is 3. The van der Waals surface area contributed by atoms with Crippen molar-refractivity contribution in [3.63, 3.8) is 0 Å². The Morgan fingerprint density at radius 1 is 1.07 bits per heavy atom. The van der Waals surface area contributed by atoms with E-state index in [1.165, 1.54) is 6.33 Å². The second kappa shape index (κ2) is 11.8. The third-order valence-electron chi connectivity index (χ3n) is 6.64. The van der Waals surface area contributed by atoms with Gasteiger partial charge in [0.1, 0.15) is 12.1 Å². The van der Waals surface area contributed by atoms with E-state index in [1.807, 2.05) is 32.9 Å². The zero-order chi connectivity index (χ0) is 28.1. The van der Waals surface area contributed by atoms with Crippen LogP contribution in [0.15, 0.2) is 53.3 Å². The molecule has 0 unspecified atom stereocenters. The van der Waals surface area contributed by atoms with E-state index in [0.29, 0.717) is 52.2 Å². The molecule has 1 fully saturated rings. The topological polar surface area (TPSA) is 133 Å². The van der Waals surface area contributed by atoms with Crippen LogP contribution < -0.4 is 30.2 Å². The number of rotatable bonds is 8. The normalized spacial score (nSPS) is 14.1. The summed E-state index contributed by atoms with van der Waals surface area (Å²) in [6.45, 7) is 8.69. The van der Waals surface area contributed by atoms with E-state index in [9.17, 15) is 4.79 Å². The molecule has 2 aromatic heterocycles. The fourth-order valence-corrected chi connectivity index (χ4v) is 4.36. The van der Waals surface area contributed by atoms with Crippen LogP contribution in [0.5, 0.6) is 23.1 Å². The molecule has 0 bridgehead atoms. The fourth-order valence-electron chi connectivity index (χ4n) is 4.36. The van der Waals surface area contributed by atoms with Crippen molar-refractivity contribution < 1.29 is 23.5 Å². The number of fused-ring (bicyclic) bond motifs is 1. The number of amides is 2. The van der Waals surface area contributed by atoms with Gasteiger partial charge >= 0.3 is 6.03 Å². The zero-order valence-corrected chi connectivity index (χ0v) is 23.1. The van der Waals surface area contributed by atoms with Crippen LogP contribution in [-0.4, -0.2) is 48.0 Å². The Hall–Kier alpha value is -4.38. The van der Waals surface area contributed by atoms with Gasteiger partial charge in [-0.25, -0.2) is 14.8 Å². The van der Waals surface area contributed by atoms with Gasteiger partial charge < -0.3 is 29.4 Å². The van der Waals surface area contributed by atoms with Crippen molar-refractivity contribution in [1.29, 1.82) is 0 Å². The number of ether oxygens (including phenoxy) is 3. The van der Waals surface area contributed by atoms with Gasteiger partial charge in [0.15, 0.2) is 11.5 Å². The van der Waals surface area contributed by atoms with Crippen molar-refractivity contribution >= 4 is 28.5 Å². The first kappa shape index (κ1) is 27.2. The summed E-state index contributed by atoms with van der Waals surface area (Å²) in [5, 5.41) is 13.5. The Morgan fingerprint density at radius 3 is 2.65 bits per heavy atom. The van der Waals surface area contributed by atoms with Crippen LogP contribution in [0.1, 0.15) is 39.3 Å². The van der Waals surface area contributed by atoms with E-state index in [0.717, 1.165) is 31.6 Å². The van der Waals surface area contributed by atoms with Crippen molar-refractivity contribution in [2.45, 2.75) is 39.0 Å². The average Bonchev–Trinajstić information content (AvgIpc) is 3.41. The highest BCUT2D eigenvalue weighted by molar-refractivity contribution is 5.99. The molecule has 11 heteroatoms. The highest BCUT2D eigenvalue weighted by Crippen LogP contribution is 2.37. The van der Waals surface area contributed by atoms with Gasteiger partial charge in [-0.2, -0.15) is 0 Å². The molecule has 1 aliphatic heterocycles. The quantitative estimate of drug-likeness (QED) is 0.253. The maximum Gasteiger partial charge on any atom is 0.326 e. The molecule has 1 saturated heterocycles. The zero-order valence-electron chi connectivity index (χ0n) is 23.1. The van der Waals surface area contributed by atoms with Gasteiger partial charge in [-0.15, -0.1) is 0 Å². The Labute approximate surface area is 232 Å². The molecule has 210 valence electrons. The molecular weight excluding hydrogens is 512 g/mol. The molecule has 0 saturated carbocycles. The first-order chi connectivity index (χ1) is 19.3. The minimum absolute atomic E-state index is 0.192. The van der Waals surface area contributed by atoms with Gasteiger partial charge in [-0.1, -0.05) is 32.0 Å². The highest BCUT2D eigenvalue weighted by atomic mass is 16.5. The average molecular weight is 547 g/mol. The lowest BCUT2D eigenvalue weighted by molar-refractivity contribution is 0.208. The van der Waals surface area contributed by atoms with Crippen molar-refractivity contribution in [3.05, 3.63) is 54.5 Å². The Bertz CT molecular complexity index is 1480. The molecule has 11 nitrogen and oxygen atoms in total. The van der Waals surface area contributed by atoms with Crippen LogP contribution in [0.25, 0.3) is 10.9 Å². The SMILES string of the molecule is COc1cc2c(Oc3cccc(NC(=O)Nc4cc(C(C)(C)C)no4)c3)ncnc2cc1OCC1CCNCC1. The number of carbonyl (C=O) groups is 1. The maximum atomic E-state index is 12.5. The number of benzene rings is 2. The maximum absolute atomic E-state index is 12.5. The predicted molar refractivity (Wildman–Crippen MR) is 152 cm³/mol. The smallest absolute Gasteiger partial charge is 0.326 e. The summed E-state index contributed by atoms with van der Waals surface area (Å²) in [4.78, 5) is 21.3. The molecule has 1 aliphatic rings. The molecule has 40 heavy (non-hydrogen) atoms. The molecule has 2 aromatic carbocycles. The Balaban J connectivity index is 1.28. The number of hydrogen-bond donors (Lipinski definition) is 3. The van der Waals surface area contributed by atoms with E-state index in [4.69, 9.17) is 18.7 Å². The minimum Gasteiger partial charge on any atom is -0.493 e. The third-order valence-corrected chi connectivity index (χ3v) is 6.64. The van der Waals surface area contributed by atoms with E-state index in [2.05, 4.69) is 31.1 Å². The van der Waals surface area contributed by atoms with E-state index >= 15 is 0 Å². The number of urea groups is 1. The number of methoxy groups -OCH3 is 1. The Morgan fingerprint density at radius 2 is 1.90 bits per heavy atom. The number of nitrogens with one attached hydrogen (secondary N) is 3. The molecule has 3 heterocycles. The summed E-state index contributed by atoms with van der Waals surface area (Å²) in [5.74, 6) is 2.82. The summed E-state index contributed by atoms with van der Waals surface area (Å²) in [6, 6.07) is 11.9. The summed E-state index contributed by atoms with van der Waals surface area (Å²) in [5.41, 5.74) is 1.74. The number of hydrogen-bond acceptors (Lipinski definition) is 9. The van der Waals surface area contributed by atoms with Gasteiger partial charge in [-0.05, 0) is 50.0 Å². The van der Waals surface area contributed by atoms with Gasteiger partial charge in [0.25, 0.3) is 0 Å². The first-order valence-electron chi connectivity index (χ1n) is 13.3. The van der Waals surface area contributed by atoms with Crippen LogP contribution in [-0.2, 0) is 5.41 Å². The second-order valence-corrected chi connectivity index (χ2v) is 10.7. The number of nitrogens with zero attached hydrogens (tertiary/aromatic N) is 3. The molecule has 4 aromatic rings. The van der Waals surface area contributed by atoms with E-state index in [-0.39, 0.29) is 11.3 Å². The second-order valence-electron chi connectivity index (χ2n) is 10.7. The summed E-state index contributed by atoms with van der Waals surface area (Å²) in [6.07, 6.45) is 3.62. The van der Waals surface area contributed by atoms with Crippen molar-refractivity contribution in [2.75, 3.05) is 37.4 Å². The van der Waals surface area contributed by atoms with Crippen LogP contribution >= 0.6 is 0 Å². The molecule has 0 atom stereocenters. The minimum atomic E-state index is -0.469. The van der Waals surface area contributed by atoms with Crippen molar-refractivity contribution in [2.24, 2.45) is 5.92 Å². The summed E-state index contributed by atoms with van der Waals surface area (Å²) >= 11 is 0. The lowest BCUT2D eigenvalue weighted by atomic mass is 9.92. The van der Waals surface area contributed by atoms with Crippen LogP contribution in [0, 0.1) is 5.92 Å². The van der Waals surface area contributed by atoms with Crippen molar-refractivity contribution in [3.8, 4) is 23.1 Å². The molecule has 0 spiro atoms. The van der Waals surface area contributed by atoms with Crippen molar-refractivity contribution in [1.82, 2.24) is 20.4 Å². The van der Waals surface area contributed by atoms with Gasteiger partial charge in [0.05, 0.1) is 30.3 Å². The number of anilines is 2. The summed E-state index contributed by atoms with van der Waals surface area (Å²) < 4.78 is 23.1. The molecule has 3 N–H and O–H groups in total. The molecule has 2 amide bonds. The monoisotopic (exact) mass is 546 g/mol. The highest BCUT2D eigenvalue weighted by Gasteiger charge is 2.20. The number of carbonyl (C=O) groups excluding carboxylic acids is 1. The van der Waals surface area contributed by atoms with Gasteiger partial charge in [-0.3, -0.25) is 5.32 Å². The van der Waals surface area contributed by atoms with Crippen LogP contribution in [0.2, 0.25) is 0 Å². The van der Waals surface area contributed by atoms with Gasteiger partial charge in [0, 0.05) is 29.3 Å². The van der Waals surface area contributed by atoms with Gasteiger partial charge in [0.2, 0.25) is 11.8 Å². The van der Waals surface area contributed by atoms with Crippen LogP contribution in [0.4, 0.5) is 16.4 Å². The first-order valence-corrected chi connectivity index (χ1v) is 13.3. The standard InChI is InChI=1S/C29H34N6O5/c1-29(2,3)25-15-26(40-35-25)34-28(36)33-19-6-5-7-20(12-19)39-27-21-13-23(37-4)24(14-22(21)31-17-32-27)38-16-18-8-10-30-11-9-18/h5-7,12-15,17-18,30H,8-11,16H2,1-4H3,(H2,33,34,36). The Kier molecular flexibility index (Phi) is 8.01. The lowest BCUT2D eigenvalue weighted by Crippen LogP contribution is -2.30. The largest absolute Gasteiger partial charge is 0.493 e. The van der Waals surface area contributed by atoms with Crippen LogP contribution in [0.3, 0.4) is 0 Å². The summed E-state index contributed by atoms with van der Waals surface area (Å²) in [7, 11) is 1.60. The molecule has 0 radical (unpaired) electrons. The molecule has 5 rings (SSSR count). The van der Waals surface area contributed by atoms with E-state index in [1.54, 1.807) is 37.4 Å². The molecular formula is C29H34N6O5. The lowest BCUT2D eigenvalue weighted by Gasteiger charge is -2.23. The fraction of sp³-hybridized carbons (Fsp3) is 0.379. The van der Waals surface area contributed by atoms with E-state index < -0.39 is 6.03 Å². The number of piperidine rings is 1. The predicted octanol–water partition coefficient (Wildman–Crippen LogP) is 5.74. The molecule has 0 aliphatic carbocycles. The third kappa shape index (κ3) is 6.60.